The number of aliphatic imine (C=N–C) groups is 1. The first-order valence-corrected chi connectivity index (χ1v) is 9.21. The van der Waals surface area contributed by atoms with Gasteiger partial charge >= 0.3 is 0 Å². The molecule has 1 fully saturated rings. The summed E-state index contributed by atoms with van der Waals surface area (Å²) < 4.78 is 6.45. The maximum atomic E-state index is 5.42. The molecule has 1 spiro atoms. The Kier molecular flexibility index (Phi) is 4.50. The molecule has 3 nitrogen and oxygen atoms in total. The molecule has 3 rings (SSSR count). The summed E-state index contributed by atoms with van der Waals surface area (Å²) in [6, 6.07) is 5.99. The normalized spacial score (nSPS) is 28.5. The standard InChI is InChI=1S/C16H21BrN2OS/c1-11-4-3-7-16(9-11)10-21-15(19-16)18-13-8-12(17)5-6-14(13)20-2/h5-6,8,11H,3-4,7,9-10H2,1-2H3,(H,18,19). The minimum Gasteiger partial charge on any atom is -0.495 e. The zero-order chi connectivity index (χ0) is 14.9. The largest absolute Gasteiger partial charge is 0.495 e. The Balaban J connectivity index is 1.78. The number of halogens is 1. The zero-order valence-electron chi connectivity index (χ0n) is 12.5. The number of ether oxygens (including phenoxy) is 1. The van der Waals surface area contributed by atoms with Crippen LogP contribution in [0.4, 0.5) is 5.69 Å². The van der Waals surface area contributed by atoms with E-state index in [2.05, 4.69) is 28.2 Å². The Morgan fingerprint density at radius 1 is 1.48 bits per heavy atom. The van der Waals surface area contributed by atoms with E-state index in [1.54, 1.807) is 7.11 Å². The van der Waals surface area contributed by atoms with Crippen LogP contribution in [0.1, 0.15) is 32.6 Å². The van der Waals surface area contributed by atoms with Gasteiger partial charge < -0.3 is 10.1 Å². The van der Waals surface area contributed by atoms with E-state index in [0.29, 0.717) is 0 Å². The lowest BCUT2D eigenvalue weighted by atomic mass is 9.78. The number of anilines is 1. The molecule has 1 heterocycles. The summed E-state index contributed by atoms with van der Waals surface area (Å²) in [4.78, 5) is 5.03. The van der Waals surface area contributed by atoms with E-state index in [0.717, 1.165) is 32.7 Å². The van der Waals surface area contributed by atoms with Crippen molar-refractivity contribution in [3.8, 4) is 5.75 Å². The van der Waals surface area contributed by atoms with Crippen LogP contribution in [0, 0.1) is 5.92 Å². The fourth-order valence-corrected chi connectivity index (χ4v) is 4.84. The van der Waals surface area contributed by atoms with Crippen molar-refractivity contribution in [1.82, 2.24) is 0 Å². The lowest BCUT2D eigenvalue weighted by molar-refractivity contribution is 0.266. The van der Waals surface area contributed by atoms with Crippen molar-refractivity contribution < 1.29 is 4.74 Å². The molecule has 0 bridgehead atoms. The molecule has 2 atom stereocenters. The summed E-state index contributed by atoms with van der Waals surface area (Å²) in [6.07, 6.45) is 5.11. The van der Waals surface area contributed by atoms with Gasteiger partial charge in [-0.1, -0.05) is 47.5 Å². The minimum atomic E-state index is 0.171. The molecule has 1 aromatic carbocycles. The first-order valence-electron chi connectivity index (χ1n) is 7.43. The summed E-state index contributed by atoms with van der Waals surface area (Å²) >= 11 is 5.35. The quantitative estimate of drug-likeness (QED) is 0.803. The van der Waals surface area contributed by atoms with Crippen molar-refractivity contribution in [2.45, 2.75) is 38.1 Å². The summed E-state index contributed by atoms with van der Waals surface area (Å²) in [5.74, 6) is 2.75. The van der Waals surface area contributed by atoms with Crippen molar-refractivity contribution in [3.63, 3.8) is 0 Å². The van der Waals surface area contributed by atoms with Crippen LogP contribution >= 0.6 is 27.7 Å². The van der Waals surface area contributed by atoms with E-state index in [1.807, 2.05) is 30.0 Å². The van der Waals surface area contributed by atoms with Crippen molar-refractivity contribution in [1.29, 1.82) is 0 Å². The molecule has 0 saturated heterocycles. The summed E-state index contributed by atoms with van der Waals surface area (Å²) in [7, 11) is 1.70. The van der Waals surface area contributed by atoms with E-state index in [1.165, 1.54) is 25.7 Å². The monoisotopic (exact) mass is 368 g/mol. The average molecular weight is 369 g/mol. The van der Waals surface area contributed by atoms with Crippen LogP contribution in [0.3, 0.4) is 0 Å². The molecule has 5 heteroatoms. The SMILES string of the molecule is COc1ccc(Br)cc1NC1=NC2(CCCC(C)C2)CS1. The van der Waals surface area contributed by atoms with Gasteiger partial charge in [-0.2, -0.15) is 0 Å². The van der Waals surface area contributed by atoms with E-state index < -0.39 is 0 Å². The van der Waals surface area contributed by atoms with Gasteiger partial charge in [0.1, 0.15) is 5.75 Å². The van der Waals surface area contributed by atoms with Gasteiger partial charge in [0.25, 0.3) is 0 Å². The lowest BCUT2D eigenvalue weighted by Gasteiger charge is -2.33. The molecule has 1 N–H and O–H groups in total. The van der Waals surface area contributed by atoms with E-state index in [-0.39, 0.29) is 5.54 Å². The van der Waals surface area contributed by atoms with Crippen molar-refractivity contribution in [2.24, 2.45) is 10.9 Å². The first-order chi connectivity index (χ1) is 10.1. The van der Waals surface area contributed by atoms with Gasteiger partial charge in [-0.05, 0) is 37.0 Å². The molecule has 0 amide bonds. The number of amidine groups is 1. The summed E-state index contributed by atoms with van der Waals surface area (Å²) in [6.45, 7) is 2.35. The first kappa shape index (κ1) is 15.2. The van der Waals surface area contributed by atoms with Gasteiger partial charge in [0.05, 0.1) is 18.3 Å². The van der Waals surface area contributed by atoms with Crippen molar-refractivity contribution in [2.75, 3.05) is 18.2 Å². The molecule has 1 aromatic rings. The van der Waals surface area contributed by atoms with Gasteiger partial charge in [-0.3, -0.25) is 4.99 Å². The molecule has 2 aliphatic rings. The van der Waals surface area contributed by atoms with E-state index >= 15 is 0 Å². The van der Waals surface area contributed by atoms with E-state index in [4.69, 9.17) is 9.73 Å². The Morgan fingerprint density at radius 3 is 3.10 bits per heavy atom. The molecule has 1 aliphatic carbocycles. The highest BCUT2D eigenvalue weighted by Gasteiger charge is 2.39. The minimum absolute atomic E-state index is 0.171. The topological polar surface area (TPSA) is 33.6 Å². The van der Waals surface area contributed by atoms with Crippen LogP contribution in [0.5, 0.6) is 5.75 Å². The molecule has 0 aromatic heterocycles. The number of benzene rings is 1. The maximum absolute atomic E-state index is 5.42. The Bertz CT molecular complexity index is 563. The van der Waals surface area contributed by atoms with Crippen molar-refractivity contribution in [3.05, 3.63) is 22.7 Å². The molecular weight excluding hydrogens is 348 g/mol. The Labute approximate surface area is 139 Å². The Morgan fingerprint density at radius 2 is 2.33 bits per heavy atom. The number of hydrogen-bond donors (Lipinski definition) is 1. The fraction of sp³-hybridized carbons (Fsp3) is 0.562. The third kappa shape index (κ3) is 3.39. The second kappa shape index (κ2) is 6.21. The Hall–Kier alpha value is -0.680. The second-order valence-corrected chi connectivity index (χ2v) is 7.98. The summed E-state index contributed by atoms with van der Waals surface area (Å²) in [5, 5.41) is 4.47. The number of methoxy groups -OCH3 is 1. The van der Waals surface area contributed by atoms with Gasteiger partial charge in [-0.25, -0.2) is 0 Å². The van der Waals surface area contributed by atoms with Crippen LogP contribution in [0.15, 0.2) is 27.7 Å². The highest BCUT2D eigenvalue weighted by Crippen LogP contribution is 2.42. The predicted octanol–water partition coefficient (Wildman–Crippen LogP) is 4.92. The molecule has 1 saturated carbocycles. The molecule has 114 valence electrons. The average Bonchev–Trinajstić information content (AvgIpc) is 2.81. The molecule has 21 heavy (non-hydrogen) atoms. The van der Waals surface area contributed by atoms with Crippen LogP contribution in [-0.4, -0.2) is 23.6 Å². The predicted molar refractivity (Wildman–Crippen MR) is 94.6 cm³/mol. The van der Waals surface area contributed by atoms with Gasteiger partial charge in [0.15, 0.2) is 5.17 Å². The highest BCUT2D eigenvalue weighted by molar-refractivity contribution is 9.10. The van der Waals surface area contributed by atoms with Gasteiger partial charge in [-0.15, -0.1) is 0 Å². The number of hydrogen-bond acceptors (Lipinski definition) is 4. The fourth-order valence-electron chi connectivity index (χ4n) is 3.30. The van der Waals surface area contributed by atoms with Crippen LogP contribution in [0.25, 0.3) is 0 Å². The van der Waals surface area contributed by atoms with Crippen LogP contribution in [0.2, 0.25) is 0 Å². The lowest BCUT2D eigenvalue weighted by Crippen LogP contribution is -2.33. The number of thioether (sulfide) groups is 1. The van der Waals surface area contributed by atoms with Crippen molar-refractivity contribution >= 4 is 38.5 Å². The zero-order valence-corrected chi connectivity index (χ0v) is 14.9. The number of rotatable bonds is 2. The molecule has 0 radical (unpaired) electrons. The van der Waals surface area contributed by atoms with Gasteiger partial charge in [0, 0.05) is 10.2 Å². The van der Waals surface area contributed by atoms with Crippen LogP contribution < -0.4 is 10.1 Å². The third-order valence-electron chi connectivity index (χ3n) is 4.29. The molecule has 1 aliphatic heterocycles. The second-order valence-electron chi connectivity index (χ2n) is 6.10. The number of nitrogens with zero attached hydrogens (tertiary/aromatic N) is 1. The maximum Gasteiger partial charge on any atom is 0.161 e. The number of nitrogens with one attached hydrogen (secondary N) is 1. The van der Waals surface area contributed by atoms with Crippen LogP contribution in [-0.2, 0) is 0 Å². The smallest absolute Gasteiger partial charge is 0.161 e. The highest BCUT2D eigenvalue weighted by atomic mass is 79.9. The van der Waals surface area contributed by atoms with Gasteiger partial charge in [0.2, 0.25) is 0 Å². The molecular formula is C16H21BrN2OS. The van der Waals surface area contributed by atoms with E-state index in [9.17, 15) is 0 Å². The molecule has 2 unspecified atom stereocenters. The third-order valence-corrected chi connectivity index (χ3v) is 5.93. The summed E-state index contributed by atoms with van der Waals surface area (Å²) in [5.41, 5.74) is 1.14.